The van der Waals surface area contributed by atoms with Gasteiger partial charge in [-0.25, -0.2) is 9.89 Å². The highest BCUT2D eigenvalue weighted by Crippen LogP contribution is 2.27. The van der Waals surface area contributed by atoms with Gasteiger partial charge in [0.25, 0.3) is 11.8 Å². The van der Waals surface area contributed by atoms with Crippen LogP contribution in [0.4, 0.5) is 5.69 Å². The number of amides is 2. The van der Waals surface area contributed by atoms with E-state index >= 15 is 0 Å². The minimum Gasteiger partial charge on any atom is -0.392 e. The highest BCUT2D eigenvalue weighted by atomic mass is 16.4. The molecular weight excluding hydrogens is 372 g/mol. The maximum absolute atomic E-state index is 13.1. The standard InChI is InChI=1S/C21H20N4O4/c26-18(14-6-2-1-3-7-14)22-17-9-5-4-8-16(17)20(27)25-12-10-15(11-13-25)19-23-24-21(28)29-19/h1-9,15H,10-13H2,(H,22,26)(H,24,28). The number of aromatic nitrogens is 2. The van der Waals surface area contributed by atoms with E-state index in [0.717, 1.165) is 0 Å². The molecule has 8 nitrogen and oxygen atoms in total. The molecule has 8 heteroatoms. The Kier molecular flexibility index (Phi) is 5.24. The summed E-state index contributed by atoms with van der Waals surface area (Å²) < 4.78 is 5.04. The van der Waals surface area contributed by atoms with Crippen LogP contribution >= 0.6 is 0 Å². The van der Waals surface area contributed by atoms with Crippen molar-refractivity contribution in [2.75, 3.05) is 18.4 Å². The van der Waals surface area contributed by atoms with Gasteiger partial charge in [-0.05, 0) is 37.1 Å². The van der Waals surface area contributed by atoms with Crippen molar-refractivity contribution < 1.29 is 14.0 Å². The molecule has 2 heterocycles. The number of anilines is 1. The number of rotatable bonds is 4. The largest absolute Gasteiger partial charge is 0.434 e. The van der Waals surface area contributed by atoms with E-state index in [1.807, 2.05) is 6.07 Å². The van der Waals surface area contributed by atoms with Crippen molar-refractivity contribution in [3.63, 3.8) is 0 Å². The van der Waals surface area contributed by atoms with Gasteiger partial charge >= 0.3 is 5.76 Å². The number of nitrogens with zero attached hydrogens (tertiary/aromatic N) is 2. The lowest BCUT2D eigenvalue weighted by Gasteiger charge is -2.31. The van der Waals surface area contributed by atoms with Crippen molar-refractivity contribution in [3.05, 3.63) is 82.2 Å². The van der Waals surface area contributed by atoms with Gasteiger partial charge < -0.3 is 14.6 Å². The van der Waals surface area contributed by atoms with Crippen LogP contribution in [0.2, 0.25) is 0 Å². The molecule has 1 fully saturated rings. The van der Waals surface area contributed by atoms with E-state index in [-0.39, 0.29) is 17.7 Å². The first-order valence-electron chi connectivity index (χ1n) is 9.42. The number of carbonyl (C=O) groups excluding carboxylic acids is 2. The van der Waals surface area contributed by atoms with Gasteiger partial charge in [0.1, 0.15) is 0 Å². The van der Waals surface area contributed by atoms with Crippen molar-refractivity contribution in [3.8, 4) is 0 Å². The summed E-state index contributed by atoms with van der Waals surface area (Å²) in [5, 5.41) is 8.99. The number of benzene rings is 2. The summed E-state index contributed by atoms with van der Waals surface area (Å²) in [5.41, 5.74) is 1.45. The number of para-hydroxylation sites is 1. The molecule has 0 bridgehead atoms. The van der Waals surface area contributed by atoms with Crippen LogP contribution in [0.25, 0.3) is 0 Å². The molecule has 1 saturated heterocycles. The molecule has 3 aromatic rings. The second-order valence-corrected chi connectivity index (χ2v) is 6.88. The molecule has 0 spiro atoms. The van der Waals surface area contributed by atoms with Crippen molar-refractivity contribution in [2.24, 2.45) is 0 Å². The number of hydrogen-bond acceptors (Lipinski definition) is 5. The van der Waals surface area contributed by atoms with E-state index in [9.17, 15) is 14.4 Å². The molecule has 148 valence electrons. The number of carbonyl (C=O) groups is 2. The Morgan fingerprint density at radius 1 is 1.03 bits per heavy atom. The summed E-state index contributed by atoms with van der Waals surface area (Å²) >= 11 is 0. The summed E-state index contributed by atoms with van der Waals surface area (Å²) in [5.74, 6) is -0.584. The minimum absolute atomic E-state index is 0.00558. The van der Waals surface area contributed by atoms with Gasteiger partial charge in [0.05, 0.1) is 11.3 Å². The Bertz CT molecular complexity index is 1070. The van der Waals surface area contributed by atoms with Crippen LogP contribution < -0.4 is 11.1 Å². The molecule has 2 N–H and O–H groups in total. The fourth-order valence-corrected chi connectivity index (χ4v) is 3.48. The second kappa shape index (κ2) is 8.14. The van der Waals surface area contributed by atoms with Gasteiger partial charge in [-0.2, -0.15) is 0 Å². The summed E-state index contributed by atoms with van der Waals surface area (Å²) in [6.07, 6.45) is 1.30. The normalized spacial score (nSPS) is 14.6. The number of likely N-dealkylation sites (tertiary alicyclic amines) is 1. The van der Waals surface area contributed by atoms with Crippen molar-refractivity contribution in [2.45, 2.75) is 18.8 Å². The first-order valence-corrected chi connectivity index (χ1v) is 9.42. The van der Waals surface area contributed by atoms with Gasteiger partial charge in [-0.3, -0.25) is 9.59 Å². The maximum atomic E-state index is 13.1. The molecule has 1 aliphatic rings. The number of piperidine rings is 1. The summed E-state index contributed by atoms with van der Waals surface area (Å²) in [4.78, 5) is 38.4. The Morgan fingerprint density at radius 3 is 2.41 bits per heavy atom. The zero-order valence-corrected chi connectivity index (χ0v) is 15.6. The smallest absolute Gasteiger partial charge is 0.392 e. The van der Waals surface area contributed by atoms with Crippen LogP contribution in [0.1, 0.15) is 45.4 Å². The van der Waals surface area contributed by atoms with Gasteiger partial charge in [0, 0.05) is 24.6 Å². The van der Waals surface area contributed by atoms with Crippen LogP contribution in [0.3, 0.4) is 0 Å². The molecule has 2 aromatic carbocycles. The Balaban J connectivity index is 1.45. The minimum atomic E-state index is -0.568. The van der Waals surface area contributed by atoms with Crippen molar-refractivity contribution in [1.29, 1.82) is 0 Å². The molecule has 0 unspecified atom stereocenters. The third-order valence-corrected chi connectivity index (χ3v) is 5.03. The molecule has 1 aliphatic heterocycles. The molecule has 1 aromatic heterocycles. The number of nitrogens with one attached hydrogen (secondary N) is 2. The predicted octanol–water partition coefficient (Wildman–Crippen LogP) is 2.64. The van der Waals surface area contributed by atoms with Crippen LogP contribution in [-0.2, 0) is 0 Å². The molecule has 0 aliphatic carbocycles. The Labute approximate surface area is 166 Å². The van der Waals surface area contributed by atoms with Gasteiger partial charge in [0.2, 0.25) is 5.89 Å². The van der Waals surface area contributed by atoms with Crippen LogP contribution in [0, 0.1) is 0 Å². The second-order valence-electron chi connectivity index (χ2n) is 6.88. The highest BCUT2D eigenvalue weighted by Gasteiger charge is 2.28. The molecule has 0 atom stereocenters. The Morgan fingerprint density at radius 2 is 1.72 bits per heavy atom. The summed E-state index contributed by atoms with van der Waals surface area (Å²) in [6.45, 7) is 1.03. The van der Waals surface area contributed by atoms with Crippen molar-refractivity contribution >= 4 is 17.5 Å². The van der Waals surface area contributed by atoms with E-state index < -0.39 is 5.76 Å². The van der Waals surface area contributed by atoms with Gasteiger partial charge in [0.15, 0.2) is 0 Å². The van der Waals surface area contributed by atoms with Gasteiger partial charge in [-0.15, -0.1) is 5.10 Å². The molecule has 2 amide bonds. The Hall–Kier alpha value is -3.68. The monoisotopic (exact) mass is 392 g/mol. The van der Waals surface area contributed by atoms with E-state index in [1.165, 1.54) is 0 Å². The molecule has 29 heavy (non-hydrogen) atoms. The van der Waals surface area contributed by atoms with Gasteiger partial charge in [-0.1, -0.05) is 30.3 Å². The molecule has 4 rings (SSSR count). The average molecular weight is 392 g/mol. The SMILES string of the molecule is O=C(Nc1ccccc1C(=O)N1CCC(c2n[nH]c(=O)o2)CC1)c1ccccc1. The lowest BCUT2D eigenvalue weighted by Crippen LogP contribution is -2.38. The lowest BCUT2D eigenvalue weighted by atomic mass is 9.96. The first-order chi connectivity index (χ1) is 14.1. The first kappa shape index (κ1) is 18.7. The average Bonchev–Trinajstić information content (AvgIpc) is 3.21. The van der Waals surface area contributed by atoms with E-state index in [1.54, 1.807) is 53.4 Å². The van der Waals surface area contributed by atoms with Crippen LogP contribution in [0.15, 0.2) is 63.8 Å². The van der Waals surface area contributed by atoms with E-state index in [0.29, 0.717) is 48.6 Å². The van der Waals surface area contributed by atoms with E-state index in [2.05, 4.69) is 15.5 Å². The third-order valence-electron chi connectivity index (χ3n) is 5.03. The number of aromatic amines is 1. The molecular formula is C21H20N4O4. The quantitative estimate of drug-likeness (QED) is 0.710. The topological polar surface area (TPSA) is 108 Å². The van der Waals surface area contributed by atoms with E-state index in [4.69, 9.17) is 4.42 Å². The summed E-state index contributed by atoms with van der Waals surface area (Å²) in [6, 6.07) is 15.8. The highest BCUT2D eigenvalue weighted by molar-refractivity contribution is 6.09. The molecule has 0 radical (unpaired) electrons. The molecule has 0 saturated carbocycles. The van der Waals surface area contributed by atoms with Crippen LogP contribution in [-0.4, -0.2) is 40.0 Å². The third kappa shape index (κ3) is 4.11. The fraction of sp³-hybridized carbons (Fsp3) is 0.238. The zero-order chi connectivity index (χ0) is 20.2. The maximum Gasteiger partial charge on any atom is 0.434 e. The zero-order valence-electron chi connectivity index (χ0n) is 15.6. The number of H-pyrrole nitrogens is 1. The lowest BCUT2D eigenvalue weighted by molar-refractivity contribution is 0.0707. The number of hydrogen-bond donors (Lipinski definition) is 2. The fourth-order valence-electron chi connectivity index (χ4n) is 3.48. The van der Waals surface area contributed by atoms with Crippen molar-refractivity contribution in [1.82, 2.24) is 15.1 Å². The predicted molar refractivity (Wildman–Crippen MR) is 106 cm³/mol. The van der Waals surface area contributed by atoms with Crippen LogP contribution in [0.5, 0.6) is 0 Å². The summed E-state index contributed by atoms with van der Waals surface area (Å²) in [7, 11) is 0.